The molecule has 3 heteroatoms. The molecule has 0 aromatic heterocycles. The molecular weight excluding hydrogens is 272 g/mol. The molecule has 0 N–H and O–H groups in total. The van der Waals surface area contributed by atoms with E-state index in [4.69, 9.17) is 16.3 Å². The Balaban J connectivity index is 1.53. The summed E-state index contributed by atoms with van der Waals surface area (Å²) >= 11 is 5.80. The Labute approximate surface area is 123 Å². The number of ketones is 1. The first-order chi connectivity index (χ1) is 9.74. The molecule has 0 amide bonds. The molecule has 2 unspecified atom stereocenters. The van der Waals surface area contributed by atoms with Crippen LogP contribution in [-0.2, 0) is 4.79 Å². The van der Waals surface area contributed by atoms with Crippen LogP contribution in [0, 0.1) is 5.92 Å². The van der Waals surface area contributed by atoms with E-state index in [1.54, 1.807) is 24.3 Å². The van der Waals surface area contributed by atoms with Gasteiger partial charge in [0.15, 0.2) is 5.78 Å². The van der Waals surface area contributed by atoms with Gasteiger partial charge >= 0.3 is 0 Å². The molecular formula is C17H15ClO2. The third kappa shape index (κ3) is 3.02. The van der Waals surface area contributed by atoms with E-state index in [0.717, 1.165) is 6.42 Å². The molecule has 1 aliphatic rings. The maximum absolute atomic E-state index is 12.1. The fraction of sp³-hybridized carbons (Fsp3) is 0.235. The van der Waals surface area contributed by atoms with Crippen molar-refractivity contribution in [3.8, 4) is 5.75 Å². The summed E-state index contributed by atoms with van der Waals surface area (Å²) in [5, 5.41) is 0.662. The lowest BCUT2D eigenvalue weighted by molar-refractivity contribution is -0.122. The highest BCUT2D eigenvalue weighted by atomic mass is 35.5. The zero-order valence-electron chi connectivity index (χ0n) is 11.0. The van der Waals surface area contributed by atoms with Crippen molar-refractivity contribution >= 4 is 17.4 Å². The maximum Gasteiger partial charge on any atom is 0.173 e. The van der Waals surface area contributed by atoms with Crippen molar-refractivity contribution in [2.24, 2.45) is 5.92 Å². The van der Waals surface area contributed by atoms with Crippen LogP contribution in [0.2, 0.25) is 5.02 Å². The first-order valence-electron chi connectivity index (χ1n) is 6.70. The van der Waals surface area contributed by atoms with Gasteiger partial charge < -0.3 is 4.74 Å². The van der Waals surface area contributed by atoms with Gasteiger partial charge in [0.05, 0.1) is 0 Å². The normalized spacial score (nSPS) is 20.4. The van der Waals surface area contributed by atoms with Crippen molar-refractivity contribution in [1.29, 1.82) is 0 Å². The van der Waals surface area contributed by atoms with Crippen LogP contribution in [0.1, 0.15) is 17.9 Å². The van der Waals surface area contributed by atoms with Crippen LogP contribution in [0.3, 0.4) is 0 Å². The van der Waals surface area contributed by atoms with Crippen LogP contribution < -0.4 is 4.74 Å². The number of hydrogen-bond acceptors (Lipinski definition) is 2. The maximum atomic E-state index is 12.1. The second-order valence-corrected chi connectivity index (χ2v) is 5.50. The van der Waals surface area contributed by atoms with Gasteiger partial charge in [-0.25, -0.2) is 0 Å². The van der Waals surface area contributed by atoms with E-state index in [0.29, 0.717) is 16.7 Å². The van der Waals surface area contributed by atoms with E-state index in [-0.39, 0.29) is 18.3 Å². The summed E-state index contributed by atoms with van der Waals surface area (Å²) in [6, 6.07) is 17.2. The highest BCUT2D eigenvalue weighted by Gasteiger charge is 2.43. The van der Waals surface area contributed by atoms with E-state index in [1.165, 1.54) is 5.56 Å². The zero-order valence-corrected chi connectivity index (χ0v) is 11.7. The summed E-state index contributed by atoms with van der Waals surface area (Å²) in [7, 11) is 0. The van der Waals surface area contributed by atoms with Crippen LogP contribution in [0.25, 0.3) is 0 Å². The molecule has 1 fully saturated rings. The van der Waals surface area contributed by atoms with Gasteiger partial charge in [0.25, 0.3) is 0 Å². The largest absolute Gasteiger partial charge is 0.486 e. The van der Waals surface area contributed by atoms with Crippen molar-refractivity contribution in [2.45, 2.75) is 12.3 Å². The van der Waals surface area contributed by atoms with Gasteiger partial charge in [-0.15, -0.1) is 0 Å². The Morgan fingerprint density at radius 1 is 1.10 bits per heavy atom. The zero-order chi connectivity index (χ0) is 13.9. The molecule has 1 aliphatic carbocycles. The van der Waals surface area contributed by atoms with E-state index in [2.05, 4.69) is 12.1 Å². The molecule has 0 aliphatic heterocycles. The van der Waals surface area contributed by atoms with E-state index >= 15 is 0 Å². The van der Waals surface area contributed by atoms with E-state index in [1.807, 2.05) is 18.2 Å². The van der Waals surface area contributed by atoms with Crippen LogP contribution in [-0.4, -0.2) is 12.4 Å². The van der Waals surface area contributed by atoms with E-state index < -0.39 is 0 Å². The quantitative estimate of drug-likeness (QED) is 0.827. The minimum Gasteiger partial charge on any atom is -0.486 e. The summed E-state index contributed by atoms with van der Waals surface area (Å²) in [5.74, 6) is 1.34. The number of carbonyl (C=O) groups is 1. The Kier molecular flexibility index (Phi) is 3.75. The molecule has 20 heavy (non-hydrogen) atoms. The Bertz CT molecular complexity index is 592. The standard InChI is InChI=1S/C17H15ClO2/c18-13-6-8-14(9-7-13)20-11-17(19)16-10-15(16)12-4-2-1-3-5-12/h1-9,15-16H,10-11H2. The van der Waals surface area contributed by atoms with E-state index in [9.17, 15) is 4.79 Å². The lowest BCUT2D eigenvalue weighted by Crippen LogP contribution is -2.13. The summed E-state index contributed by atoms with van der Waals surface area (Å²) in [4.78, 5) is 12.1. The molecule has 0 bridgehead atoms. The van der Waals surface area contributed by atoms with Gasteiger partial charge in [-0.2, -0.15) is 0 Å². The van der Waals surface area contributed by atoms with Crippen molar-refractivity contribution < 1.29 is 9.53 Å². The lowest BCUT2D eigenvalue weighted by atomic mass is 10.1. The van der Waals surface area contributed by atoms with Crippen LogP contribution in [0.5, 0.6) is 5.75 Å². The highest BCUT2D eigenvalue weighted by Crippen LogP contribution is 2.47. The molecule has 2 nitrogen and oxygen atoms in total. The Hall–Kier alpha value is -1.80. The van der Waals surface area contributed by atoms with Crippen molar-refractivity contribution in [3.05, 3.63) is 65.2 Å². The van der Waals surface area contributed by atoms with Gasteiger partial charge in [-0.3, -0.25) is 4.79 Å². The van der Waals surface area contributed by atoms with Crippen LogP contribution in [0.15, 0.2) is 54.6 Å². The Morgan fingerprint density at radius 3 is 2.50 bits per heavy atom. The average Bonchev–Trinajstić information content (AvgIpc) is 3.28. The number of Topliss-reactive ketones (excluding diaryl/α,β-unsaturated/α-hetero) is 1. The lowest BCUT2D eigenvalue weighted by Gasteiger charge is -2.05. The third-order valence-corrected chi connectivity index (χ3v) is 3.88. The number of rotatable bonds is 5. The molecule has 0 spiro atoms. The SMILES string of the molecule is O=C(COc1ccc(Cl)cc1)C1CC1c1ccccc1. The number of benzene rings is 2. The van der Waals surface area contributed by atoms with Crippen molar-refractivity contribution in [2.75, 3.05) is 6.61 Å². The average molecular weight is 287 g/mol. The topological polar surface area (TPSA) is 26.3 Å². The summed E-state index contributed by atoms with van der Waals surface area (Å²) in [6.45, 7) is 0.135. The van der Waals surface area contributed by atoms with Crippen LogP contribution in [0.4, 0.5) is 0 Å². The molecule has 0 heterocycles. The minimum absolute atomic E-state index is 0.115. The van der Waals surface area contributed by atoms with Gasteiger partial charge in [0, 0.05) is 10.9 Å². The highest BCUT2D eigenvalue weighted by molar-refractivity contribution is 6.30. The van der Waals surface area contributed by atoms with Gasteiger partial charge in [-0.05, 0) is 42.2 Å². The molecule has 2 atom stereocenters. The second kappa shape index (κ2) is 5.68. The number of hydrogen-bond donors (Lipinski definition) is 0. The second-order valence-electron chi connectivity index (χ2n) is 5.07. The Morgan fingerprint density at radius 2 is 1.80 bits per heavy atom. The summed E-state index contributed by atoms with van der Waals surface area (Å²) < 4.78 is 5.50. The molecule has 2 aromatic rings. The fourth-order valence-electron chi connectivity index (χ4n) is 2.41. The van der Waals surface area contributed by atoms with Crippen molar-refractivity contribution in [1.82, 2.24) is 0 Å². The summed E-state index contributed by atoms with van der Waals surface area (Å²) in [5.41, 5.74) is 1.25. The van der Waals surface area contributed by atoms with Gasteiger partial charge in [0.1, 0.15) is 12.4 Å². The molecule has 102 valence electrons. The van der Waals surface area contributed by atoms with Gasteiger partial charge in [-0.1, -0.05) is 41.9 Å². The third-order valence-electron chi connectivity index (χ3n) is 3.63. The molecule has 3 rings (SSSR count). The fourth-order valence-corrected chi connectivity index (χ4v) is 2.54. The molecule has 2 aromatic carbocycles. The van der Waals surface area contributed by atoms with Crippen LogP contribution >= 0.6 is 11.6 Å². The first-order valence-corrected chi connectivity index (χ1v) is 7.08. The first kappa shape index (κ1) is 13.2. The minimum atomic E-state index is 0.115. The van der Waals surface area contributed by atoms with Gasteiger partial charge in [0.2, 0.25) is 0 Å². The molecule has 0 radical (unpaired) electrons. The van der Waals surface area contributed by atoms with Crippen molar-refractivity contribution in [3.63, 3.8) is 0 Å². The predicted molar refractivity (Wildman–Crippen MR) is 79.2 cm³/mol. The molecule has 0 saturated heterocycles. The predicted octanol–water partition coefficient (Wildman–Crippen LogP) is 4.09. The summed E-state index contributed by atoms with van der Waals surface area (Å²) in [6.07, 6.45) is 0.937. The smallest absolute Gasteiger partial charge is 0.173 e. The number of halogens is 1. The number of ether oxygens (including phenoxy) is 1. The number of carbonyl (C=O) groups excluding carboxylic acids is 1. The monoisotopic (exact) mass is 286 g/mol. The molecule has 1 saturated carbocycles.